The second-order valence-corrected chi connectivity index (χ2v) is 4.70. The summed E-state index contributed by atoms with van der Waals surface area (Å²) in [6.45, 7) is 0. The maximum Gasteiger partial charge on any atom is 0.161 e. The largest absolute Gasteiger partial charge is 0.197 e. The highest BCUT2D eigenvalue weighted by atomic mass is 32.1. The van der Waals surface area contributed by atoms with Gasteiger partial charge in [-0.15, -0.1) is 17.7 Å². The van der Waals surface area contributed by atoms with E-state index in [1.807, 2.05) is 42.5 Å². The quantitative estimate of drug-likeness (QED) is 0.742. The normalized spacial score (nSPS) is 10.6. The molecule has 1 heterocycles. The van der Waals surface area contributed by atoms with E-state index in [0.717, 1.165) is 16.4 Å². The predicted molar refractivity (Wildman–Crippen MR) is 75.7 cm³/mol. The van der Waals surface area contributed by atoms with Crippen LogP contribution in [0.3, 0.4) is 0 Å². The molecule has 0 spiro atoms. The van der Waals surface area contributed by atoms with Crippen LogP contribution in [0.25, 0.3) is 5.69 Å². The standard InChI is InChI=1S/C14H12N4S/c19-13-8-6-12(7-9-13)18-14(15-16-17-18)10-11-4-2-1-3-5-11/h1-9,19H,10H2. The summed E-state index contributed by atoms with van der Waals surface area (Å²) in [6.07, 6.45) is 0.705. The highest BCUT2D eigenvalue weighted by Crippen LogP contribution is 2.14. The summed E-state index contributed by atoms with van der Waals surface area (Å²) in [5, 5.41) is 11.9. The van der Waals surface area contributed by atoms with Crippen LogP contribution in [0.4, 0.5) is 0 Å². The van der Waals surface area contributed by atoms with Crippen LogP contribution in [-0.2, 0) is 6.42 Å². The topological polar surface area (TPSA) is 43.6 Å². The van der Waals surface area contributed by atoms with Gasteiger partial charge in [0.2, 0.25) is 0 Å². The van der Waals surface area contributed by atoms with Gasteiger partial charge >= 0.3 is 0 Å². The van der Waals surface area contributed by atoms with Crippen LogP contribution in [0.5, 0.6) is 0 Å². The van der Waals surface area contributed by atoms with Crippen molar-refractivity contribution >= 4 is 12.6 Å². The molecule has 0 atom stereocenters. The minimum Gasteiger partial charge on any atom is -0.197 e. The molecule has 0 aliphatic heterocycles. The summed E-state index contributed by atoms with van der Waals surface area (Å²) in [6, 6.07) is 17.9. The van der Waals surface area contributed by atoms with Crippen LogP contribution in [0, 0.1) is 0 Å². The van der Waals surface area contributed by atoms with Crippen molar-refractivity contribution in [1.82, 2.24) is 20.2 Å². The van der Waals surface area contributed by atoms with E-state index in [1.165, 1.54) is 5.56 Å². The molecule has 3 aromatic rings. The molecule has 1 aromatic heterocycles. The SMILES string of the molecule is Sc1ccc(-n2nnnc2Cc2ccccc2)cc1. The summed E-state index contributed by atoms with van der Waals surface area (Å²) >= 11 is 4.27. The van der Waals surface area contributed by atoms with Gasteiger partial charge in [0.25, 0.3) is 0 Å². The Morgan fingerprint density at radius 2 is 1.68 bits per heavy atom. The van der Waals surface area contributed by atoms with Crippen LogP contribution in [0.2, 0.25) is 0 Å². The lowest BCUT2D eigenvalue weighted by atomic mass is 10.1. The number of tetrazole rings is 1. The molecule has 94 valence electrons. The highest BCUT2D eigenvalue weighted by Gasteiger charge is 2.08. The van der Waals surface area contributed by atoms with Gasteiger partial charge in [0.15, 0.2) is 5.82 Å². The Bertz CT molecular complexity index is 661. The third-order valence-corrected chi connectivity index (χ3v) is 3.13. The predicted octanol–water partition coefficient (Wildman–Crippen LogP) is 2.54. The summed E-state index contributed by atoms with van der Waals surface area (Å²) in [5.41, 5.74) is 2.12. The molecule has 0 fully saturated rings. The third kappa shape index (κ3) is 2.66. The van der Waals surface area contributed by atoms with Gasteiger partial charge in [0, 0.05) is 11.3 Å². The number of benzene rings is 2. The lowest BCUT2D eigenvalue weighted by molar-refractivity contribution is 0.770. The summed E-state index contributed by atoms with van der Waals surface area (Å²) in [5.74, 6) is 0.818. The second-order valence-electron chi connectivity index (χ2n) is 4.19. The number of hydrogen-bond donors (Lipinski definition) is 1. The van der Waals surface area contributed by atoms with Crippen molar-refractivity contribution in [1.29, 1.82) is 0 Å². The van der Waals surface area contributed by atoms with Gasteiger partial charge < -0.3 is 0 Å². The first-order valence-corrected chi connectivity index (χ1v) is 6.38. The second kappa shape index (κ2) is 5.24. The van der Waals surface area contributed by atoms with Crippen molar-refractivity contribution in [2.75, 3.05) is 0 Å². The first-order chi connectivity index (χ1) is 9.33. The summed E-state index contributed by atoms with van der Waals surface area (Å²) < 4.78 is 1.75. The van der Waals surface area contributed by atoms with Crippen LogP contribution in [0.1, 0.15) is 11.4 Å². The average Bonchev–Trinajstić information content (AvgIpc) is 2.89. The fourth-order valence-corrected chi connectivity index (χ4v) is 2.04. The zero-order chi connectivity index (χ0) is 13.1. The van der Waals surface area contributed by atoms with E-state index in [1.54, 1.807) is 4.68 Å². The molecule has 2 aromatic carbocycles. The smallest absolute Gasteiger partial charge is 0.161 e. The van der Waals surface area contributed by atoms with E-state index in [4.69, 9.17) is 0 Å². The maximum absolute atomic E-state index is 4.27. The molecule has 0 aliphatic carbocycles. The van der Waals surface area contributed by atoms with Gasteiger partial charge in [-0.2, -0.15) is 4.68 Å². The fraction of sp³-hybridized carbons (Fsp3) is 0.0714. The number of thiol groups is 1. The molecule has 0 saturated carbocycles. The van der Waals surface area contributed by atoms with Crippen molar-refractivity contribution < 1.29 is 0 Å². The molecule has 3 rings (SSSR count). The maximum atomic E-state index is 4.27. The van der Waals surface area contributed by atoms with Crippen molar-refractivity contribution in [2.45, 2.75) is 11.3 Å². The van der Waals surface area contributed by atoms with Gasteiger partial charge in [-0.1, -0.05) is 30.3 Å². The minimum absolute atomic E-state index is 0.705. The van der Waals surface area contributed by atoms with Crippen molar-refractivity contribution in [3.05, 3.63) is 66.0 Å². The molecule has 0 aliphatic rings. The molecule has 0 unspecified atom stereocenters. The number of rotatable bonds is 3. The molecule has 0 saturated heterocycles. The number of aromatic nitrogens is 4. The first-order valence-electron chi connectivity index (χ1n) is 5.93. The minimum atomic E-state index is 0.705. The molecule has 19 heavy (non-hydrogen) atoms. The molecule has 0 N–H and O–H groups in total. The Balaban J connectivity index is 1.92. The fourth-order valence-electron chi connectivity index (χ4n) is 1.89. The van der Waals surface area contributed by atoms with E-state index in [-0.39, 0.29) is 0 Å². The Kier molecular flexibility index (Phi) is 3.29. The Labute approximate surface area is 116 Å². The van der Waals surface area contributed by atoms with Crippen molar-refractivity contribution in [2.24, 2.45) is 0 Å². The zero-order valence-corrected chi connectivity index (χ0v) is 11.0. The molecule has 4 nitrogen and oxygen atoms in total. The molecule has 0 amide bonds. The Morgan fingerprint density at radius 3 is 2.42 bits per heavy atom. The molecule has 0 bridgehead atoms. The zero-order valence-electron chi connectivity index (χ0n) is 10.1. The molecular weight excluding hydrogens is 256 g/mol. The lowest BCUT2D eigenvalue weighted by Crippen LogP contribution is -2.03. The van der Waals surface area contributed by atoms with Crippen LogP contribution >= 0.6 is 12.6 Å². The van der Waals surface area contributed by atoms with Gasteiger partial charge in [0.1, 0.15) is 0 Å². The van der Waals surface area contributed by atoms with Crippen molar-refractivity contribution in [3.8, 4) is 5.69 Å². The van der Waals surface area contributed by atoms with Gasteiger partial charge in [0.05, 0.1) is 5.69 Å². The van der Waals surface area contributed by atoms with Crippen LogP contribution < -0.4 is 0 Å². The number of hydrogen-bond acceptors (Lipinski definition) is 4. The first kappa shape index (κ1) is 11.9. The van der Waals surface area contributed by atoms with Crippen LogP contribution in [0.15, 0.2) is 59.5 Å². The highest BCUT2D eigenvalue weighted by molar-refractivity contribution is 7.80. The monoisotopic (exact) mass is 268 g/mol. The Hall–Kier alpha value is -2.14. The molecule has 0 radical (unpaired) electrons. The molecular formula is C14H12N4S. The lowest BCUT2D eigenvalue weighted by Gasteiger charge is -2.04. The van der Waals surface area contributed by atoms with Crippen molar-refractivity contribution in [3.63, 3.8) is 0 Å². The molecule has 5 heteroatoms. The summed E-state index contributed by atoms with van der Waals surface area (Å²) in [4.78, 5) is 0.918. The van der Waals surface area contributed by atoms with E-state index in [9.17, 15) is 0 Å². The Morgan fingerprint density at radius 1 is 0.947 bits per heavy atom. The number of nitrogens with zero attached hydrogens (tertiary/aromatic N) is 4. The van der Waals surface area contributed by atoms with Gasteiger partial charge in [-0.3, -0.25) is 0 Å². The third-order valence-electron chi connectivity index (χ3n) is 2.83. The summed E-state index contributed by atoms with van der Waals surface area (Å²) in [7, 11) is 0. The van der Waals surface area contributed by atoms with Gasteiger partial charge in [-0.25, -0.2) is 0 Å². The van der Waals surface area contributed by atoms with Crippen LogP contribution in [-0.4, -0.2) is 20.2 Å². The van der Waals surface area contributed by atoms with Gasteiger partial charge in [-0.05, 0) is 40.3 Å². The van der Waals surface area contributed by atoms with E-state index < -0.39 is 0 Å². The van der Waals surface area contributed by atoms with E-state index >= 15 is 0 Å². The average molecular weight is 268 g/mol. The van der Waals surface area contributed by atoms with E-state index in [2.05, 4.69) is 40.3 Å². The van der Waals surface area contributed by atoms with E-state index in [0.29, 0.717) is 6.42 Å².